The highest BCUT2D eigenvalue weighted by Crippen LogP contribution is 2.19. The molecule has 1 heterocycles. The molecule has 0 unspecified atom stereocenters. The van der Waals surface area contributed by atoms with Crippen LogP contribution in [0.25, 0.3) is 0 Å². The zero-order valence-corrected chi connectivity index (χ0v) is 14.0. The average Bonchev–Trinajstić information content (AvgIpc) is 2.46. The second kappa shape index (κ2) is 7.17. The minimum atomic E-state index is -0.399. The molecule has 0 aliphatic carbocycles. The summed E-state index contributed by atoms with van der Waals surface area (Å²) in [5, 5.41) is 5.33. The summed E-state index contributed by atoms with van der Waals surface area (Å²) in [7, 11) is 1.93. The van der Waals surface area contributed by atoms with Crippen molar-refractivity contribution in [3.63, 3.8) is 0 Å². The number of ether oxygens (including phenoxy) is 1. The van der Waals surface area contributed by atoms with Crippen molar-refractivity contribution >= 4 is 17.7 Å². The molecule has 0 saturated heterocycles. The third-order valence-corrected chi connectivity index (χ3v) is 3.62. The van der Waals surface area contributed by atoms with E-state index >= 15 is 0 Å². The van der Waals surface area contributed by atoms with Crippen molar-refractivity contribution in [1.29, 1.82) is 0 Å². The maximum Gasteiger partial charge on any atom is 0.337 e. The molecule has 1 aromatic rings. The smallest absolute Gasteiger partial charge is 0.337 e. The number of carbonyl (C=O) groups is 2. The van der Waals surface area contributed by atoms with E-state index in [-0.39, 0.29) is 12.6 Å². The van der Waals surface area contributed by atoms with Gasteiger partial charge in [0.05, 0.1) is 31.0 Å². The van der Waals surface area contributed by atoms with Crippen LogP contribution < -0.4 is 15.5 Å². The van der Waals surface area contributed by atoms with Gasteiger partial charge in [0.15, 0.2) is 0 Å². The molecule has 2 N–H and O–H groups in total. The largest absolute Gasteiger partial charge is 0.463 e. The van der Waals surface area contributed by atoms with Crippen molar-refractivity contribution < 1.29 is 14.3 Å². The molecule has 0 saturated carbocycles. The number of rotatable bonds is 5. The fourth-order valence-electron chi connectivity index (χ4n) is 2.58. The summed E-state index contributed by atoms with van der Waals surface area (Å²) in [6, 6.07) is 5.94. The van der Waals surface area contributed by atoms with Gasteiger partial charge in [0, 0.05) is 12.7 Å². The number of benzene rings is 1. The molecule has 1 aliphatic rings. The van der Waals surface area contributed by atoms with Gasteiger partial charge >= 0.3 is 12.0 Å². The number of hydrogen-bond acceptors (Lipinski definition) is 4. The van der Waals surface area contributed by atoms with E-state index in [1.807, 2.05) is 25.8 Å². The second-order valence-electron chi connectivity index (χ2n) is 5.69. The molecule has 23 heavy (non-hydrogen) atoms. The van der Waals surface area contributed by atoms with Gasteiger partial charge in [0.2, 0.25) is 0 Å². The van der Waals surface area contributed by atoms with Crippen molar-refractivity contribution in [2.24, 2.45) is 0 Å². The van der Waals surface area contributed by atoms with Gasteiger partial charge in [-0.25, -0.2) is 9.59 Å². The second-order valence-corrected chi connectivity index (χ2v) is 5.69. The van der Waals surface area contributed by atoms with Crippen molar-refractivity contribution in [2.45, 2.75) is 20.8 Å². The van der Waals surface area contributed by atoms with Crippen LogP contribution in [-0.4, -0.2) is 38.7 Å². The van der Waals surface area contributed by atoms with Gasteiger partial charge in [-0.05, 0) is 44.0 Å². The van der Waals surface area contributed by atoms with E-state index in [4.69, 9.17) is 4.74 Å². The summed E-state index contributed by atoms with van der Waals surface area (Å²) >= 11 is 0. The Labute approximate surface area is 136 Å². The van der Waals surface area contributed by atoms with E-state index in [1.165, 1.54) is 11.1 Å². The number of aryl methyl sites for hydroxylation is 2. The van der Waals surface area contributed by atoms with Crippen molar-refractivity contribution in [3.05, 3.63) is 40.6 Å². The van der Waals surface area contributed by atoms with E-state index in [2.05, 4.69) is 28.8 Å². The lowest BCUT2D eigenvalue weighted by molar-refractivity contribution is -0.138. The molecule has 6 nitrogen and oxygen atoms in total. The zero-order valence-electron chi connectivity index (χ0n) is 14.0. The Morgan fingerprint density at radius 3 is 2.52 bits per heavy atom. The SMILES string of the molecule is CCOC(=O)C1=C(CN(C)c2cc(C)cc(C)c2)NC(=O)NC1. The monoisotopic (exact) mass is 317 g/mol. The van der Waals surface area contributed by atoms with E-state index in [0.717, 1.165) is 5.69 Å². The van der Waals surface area contributed by atoms with Crippen LogP contribution in [0, 0.1) is 13.8 Å². The topological polar surface area (TPSA) is 70.7 Å². The molecule has 0 spiro atoms. The van der Waals surface area contributed by atoms with Crippen molar-refractivity contribution in [1.82, 2.24) is 10.6 Å². The van der Waals surface area contributed by atoms with Crippen LogP contribution in [0.4, 0.5) is 10.5 Å². The third kappa shape index (κ3) is 4.25. The van der Waals surface area contributed by atoms with Crippen molar-refractivity contribution in [2.75, 3.05) is 31.6 Å². The normalized spacial score (nSPS) is 14.2. The van der Waals surface area contributed by atoms with Gasteiger partial charge < -0.3 is 20.3 Å². The van der Waals surface area contributed by atoms with Crippen LogP contribution >= 0.6 is 0 Å². The maximum absolute atomic E-state index is 12.1. The van der Waals surface area contributed by atoms with Crippen molar-refractivity contribution in [3.8, 4) is 0 Å². The number of likely N-dealkylation sites (N-methyl/N-ethyl adjacent to an activating group) is 1. The lowest BCUT2D eigenvalue weighted by Gasteiger charge is -2.27. The first-order valence-corrected chi connectivity index (χ1v) is 7.64. The summed E-state index contributed by atoms with van der Waals surface area (Å²) in [4.78, 5) is 25.7. The molecule has 0 radical (unpaired) electrons. The first-order chi connectivity index (χ1) is 10.9. The number of nitrogens with zero attached hydrogens (tertiary/aromatic N) is 1. The lowest BCUT2D eigenvalue weighted by Crippen LogP contribution is -2.46. The highest BCUT2D eigenvalue weighted by Gasteiger charge is 2.24. The first-order valence-electron chi connectivity index (χ1n) is 7.64. The van der Waals surface area contributed by atoms with Gasteiger partial charge in [0.25, 0.3) is 0 Å². The molecule has 124 valence electrons. The summed E-state index contributed by atoms with van der Waals surface area (Å²) in [5.41, 5.74) is 4.41. The summed E-state index contributed by atoms with van der Waals surface area (Å²) in [5.74, 6) is -0.399. The van der Waals surface area contributed by atoms with E-state index < -0.39 is 5.97 Å². The van der Waals surface area contributed by atoms with Crippen LogP contribution in [0.1, 0.15) is 18.1 Å². The van der Waals surface area contributed by atoms with E-state index in [1.54, 1.807) is 6.92 Å². The number of urea groups is 1. The number of hydrogen-bond donors (Lipinski definition) is 2. The standard InChI is InChI=1S/C17H23N3O3/c1-5-23-16(21)14-9-18-17(22)19-15(14)10-20(4)13-7-11(2)6-12(3)8-13/h6-8H,5,9-10H2,1-4H3,(H2,18,19,22). The zero-order chi connectivity index (χ0) is 17.0. The van der Waals surface area contributed by atoms with Gasteiger partial charge in [0.1, 0.15) is 0 Å². The number of amides is 2. The van der Waals surface area contributed by atoms with Crippen LogP contribution in [0.2, 0.25) is 0 Å². The molecular formula is C17H23N3O3. The van der Waals surface area contributed by atoms with E-state index in [0.29, 0.717) is 24.4 Å². The summed E-state index contributed by atoms with van der Waals surface area (Å²) in [6.07, 6.45) is 0. The fraction of sp³-hybridized carbons (Fsp3) is 0.412. The number of anilines is 1. The predicted molar refractivity (Wildman–Crippen MR) is 89.4 cm³/mol. The van der Waals surface area contributed by atoms with Gasteiger partial charge in [-0.1, -0.05) is 6.07 Å². The molecule has 2 rings (SSSR count). The predicted octanol–water partition coefficient (Wildman–Crippen LogP) is 1.87. The number of carbonyl (C=O) groups excluding carboxylic acids is 2. The maximum atomic E-state index is 12.1. The van der Waals surface area contributed by atoms with Crippen LogP contribution in [-0.2, 0) is 9.53 Å². The molecule has 1 aromatic carbocycles. The Balaban J connectivity index is 2.25. The first kappa shape index (κ1) is 16.9. The molecule has 0 fully saturated rings. The quantitative estimate of drug-likeness (QED) is 0.813. The van der Waals surface area contributed by atoms with Crippen LogP contribution in [0.3, 0.4) is 0 Å². The highest BCUT2D eigenvalue weighted by molar-refractivity contribution is 5.93. The van der Waals surface area contributed by atoms with E-state index in [9.17, 15) is 9.59 Å². The Bertz CT molecular complexity index is 632. The van der Waals surface area contributed by atoms with Crippen LogP contribution in [0.15, 0.2) is 29.5 Å². The molecular weight excluding hydrogens is 294 g/mol. The fourth-order valence-corrected chi connectivity index (χ4v) is 2.58. The minimum Gasteiger partial charge on any atom is -0.463 e. The Morgan fingerprint density at radius 2 is 1.91 bits per heavy atom. The van der Waals surface area contributed by atoms with Gasteiger partial charge in [-0.15, -0.1) is 0 Å². The highest BCUT2D eigenvalue weighted by atomic mass is 16.5. The third-order valence-electron chi connectivity index (χ3n) is 3.62. The lowest BCUT2D eigenvalue weighted by atomic mass is 10.1. The Hall–Kier alpha value is -2.50. The molecule has 6 heteroatoms. The molecule has 0 aromatic heterocycles. The van der Waals surface area contributed by atoms with Gasteiger partial charge in [-0.3, -0.25) is 0 Å². The molecule has 0 bridgehead atoms. The van der Waals surface area contributed by atoms with Crippen LogP contribution in [0.5, 0.6) is 0 Å². The summed E-state index contributed by atoms with van der Waals surface area (Å²) < 4.78 is 5.07. The molecule has 2 amide bonds. The Kier molecular flexibility index (Phi) is 5.26. The number of nitrogens with one attached hydrogen (secondary N) is 2. The van der Waals surface area contributed by atoms with Gasteiger partial charge in [-0.2, -0.15) is 0 Å². The molecule has 1 aliphatic heterocycles. The average molecular weight is 317 g/mol. The Morgan fingerprint density at radius 1 is 1.26 bits per heavy atom. The minimum absolute atomic E-state index is 0.181. The molecule has 0 atom stereocenters. The number of esters is 1. The summed E-state index contributed by atoms with van der Waals surface area (Å²) in [6.45, 7) is 6.75.